The van der Waals surface area contributed by atoms with Crippen molar-refractivity contribution in [2.24, 2.45) is 0 Å². The SMILES string of the molecule is Cc1ccc(CSCC(=O)NC2c3ccccc3CC2O)cc1. The van der Waals surface area contributed by atoms with Crippen LogP contribution < -0.4 is 5.32 Å². The smallest absolute Gasteiger partial charge is 0.230 e. The molecule has 3 nitrogen and oxygen atoms in total. The van der Waals surface area contributed by atoms with Gasteiger partial charge in [0.25, 0.3) is 0 Å². The minimum atomic E-state index is -0.529. The fourth-order valence-corrected chi connectivity index (χ4v) is 3.71. The summed E-state index contributed by atoms with van der Waals surface area (Å²) in [6.45, 7) is 2.06. The van der Waals surface area contributed by atoms with E-state index in [0.717, 1.165) is 16.9 Å². The summed E-state index contributed by atoms with van der Waals surface area (Å²) in [5, 5.41) is 13.1. The summed E-state index contributed by atoms with van der Waals surface area (Å²) in [5.41, 5.74) is 4.62. The summed E-state index contributed by atoms with van der Waals surface area (Å²) in [7, 11) is 0. The second kappa shape index (κ2) is 7.20. The van der Waals surface area contributed by atoms with Gasteiger partial charge >= 0.3 is 0 Å². The standard InChI is InChI=1S/C19H21NO2S/c1-13-6-8-14(9-7-13)11-23-12-18(22)20-19-16-5-3-2-4-15(16)10-17(19)21/h2-9,17,19,21H,10-12H2,1H3,(H,20,22). The number of thioether (sulfide) groups is 1. The highest BCUT2D eigenvalue weighted by atomic mass is 32.2. The fraction of sp³-hybridized carbons (Fsp3) is 0.316. The summed E-state index contributed by atoms with van der Waals surface area (Å²) < 4.78 is 0. The Balaban J connectivity index is 1.51. The third-order valence-electron chi connectivity index (χ3n) is 4.14. The molecule has 0 saturated heterocycles. The molecule has 120 valence electrons. The van der Waals surface area contributed by atoms with E-state index >= 15 is 0 Å². The summed E-state index contributed by atoms with van der Waals surface area (Å²) >= 11 is 1.59. The molecule has 0 aromatic heterocycles. The van der Waals surface area contributed by atoms with Gasteiger partial charge in [0.15, 0.2) is 0 Å². The first-order chi connectivity index (χ1) is 11.1. The average Bonchev–Trinajstić information content (AvgIpc) is 2.85. The number of benzene rings is 2. The third-order valence-corrected chi connectivity index (χ3v) is 5.15. The molecule has 0 spiro atoms. The predicted octanol–water partition coefficient (Wildman–Crippen LogP) is 3.00. The number of nitrogens with one attached hydrogen (secondary N) is 1. The van der Waals surface area contributed by atoms with Crippen LogP contribution in [-0.2, 0) is 17.0 Å². The average molecular weight is 327 g/mol. The van der Waals surface area contributed by atoms with Crippen molar-refractivity contribution >= 4 is 17.7 Å². The molecule has 2 aromatic rings. The van der Waals surface area contributed by atoms with Gasteiger partial charge in [0.2, 0.25) is 5.91 Å². The molecular weight excluding hydrogens is 306 g/mol. The van der Waals surface area contributed by atoms with Crippen LogP contribution in [0.3, 0.4) is 0 Å². The van der Waals surface area contributed by atoms with Crippen molar-refractivity contribution in [1.29, 1.82) is 0 Å². The Bertz CT molecular complexity index is 684. The van der Waals surface area contributed by atoms with Gasteiger partial charge in [-0.25, -0.2) is 0 Å². The minimum absolute atomic E-state index is 0.0251. The lowest BCUT2D eigenvalue weighted by molar-refractivity contribution is -0.120. The van der Waals surface area contributed by atoms with Crippen molar-refractivity contribution in [3.8, 4) is 0 Å². The number of carbonyl (C=O) groups excluding carboxylic acids is 1. The van der Waals surface area contributed by atoms with Crippen LogP contribution in [0.25, 0.3) is 0 Å². The van der Waals surface area contributed by atoms with Crippen LogP contribution in [-0.4, -0.2) is 22.9 Å². The zero-order chi connectivity index (χ0) is 16.2. The van der Waals surface area contributed by atoms with Crippen LogP contribution in [0, 0.1) is 6.92 Å². The number of aliphatic hydroxyl groups excluding tert-OH is 1. The maximum Gasteiger partial charge on any atom is 0.230 e. The topological polar surface area (TPSA) is 49.3 Å². The van der Waals surface area contributed by atoms with E-state index in [2.05, 4.69) is 36.5 Å². The fourth-order valence-electron chi connectivity index (χ4n) is 2.91. The molecule has 0 bridgehead atoms. The minimum Gasteiger partial charge on any atom is -0.390 e. The number of aliphatic hydroxyl groups is 1. The molecule has 1 amide bonds. The summed E-state index contributed by atoms with van der Waals surface area (Å²) in [5.74, 6) is 1.19. The number of fused-ring (bicyclic) bond motifs is 1. The van der Waals surface area contributed by atoms with Crippen LogP contribution in [0.4, 0.5) is 0 Å². The second-order valence-corrected chi connectivity index (χ2v) is 6.98. The Labute approximate surface area is 141 Å². The molecule has 0 radical (unpaired) electrons. The van der Waals surface area contributed by atoms with E-state index in [-0.39, 0.29) is 11.9 Å². The lowest BCUT2D eigenvalue weighted by atomic mass is 10.1. The van der Waals surface area contributed by atoms with Gasteiger partial charge in [0, 0.05) is 12.2 Å². The van der Waals surface area contributed by atoms with E-state index < -0.39 is 6.10 Å². The number of hydrogen-bond donors (Lipinski definition) is 2. The lowest BCUT2D eigenvalue weighted by Crippen LogP contribution is -2.34. The van der Waals surface area contributed by atoms with Crippen molar-refractivity contribution < 1.29 is 9.90 Å². The predicted molar refractivity (Wildman–Crippen MR) is 94.4 cm³/mol. The maximum absolute atomic E-state index is 12.2. The van der Waals surface area contributed by atoms with E-state index in [1.165, 1.54) is 11.1 Å². The van der Waals surface area contributed by atoms with Crippen molar-refractivity contribution in [3.63, 3.8) is 0 Å². The monoisotopic (exact) mass is 327 g/mol. The van der Waals surface area contributed by atoms with Gasteiger partial charge in [0.05, 0.1) is 17.9 Å². The van der Waals surface area contributed by atoms with E-state index in [1.54, 1.807) is 11.8 Å². The quantitative estimate of drug-likeness (QED) is 0.887. The molecule has 0 heterocycles. The first-order valence-electron chi connectivity index (χ1n) is 7.82. The molecule has 0 aliphatic heterocycles. The number of hydrogen-bond acceptors (Lipinski definition) is 3. The molecule has 0 saturated carbocycles. The molecule has 1 aliphatic rings. The van der Waals surface area contributed by atoms with E-state index in [0.29, 0.717) is 12.2 Å². The molecule has 2 aromatic carbocycles. The van der Waals surface area contributed by atoms with Gasteiger partial charge in [-0.2, -0.15) is 0 Å². The molecule has 3 rings (SSSR count). The molecule has 0 fully saturated rings. The van der Waals surface area contributed by atoms with E-state index in [9.17, 15) is 9.90 Å². The Morgan fingerprint density at radius 3 is 2.74 bits per heavy atom. The number of carbonyl (C=O) groups is 1. The normalized spacial score (nSPS) is 19.4. The Kier molecular flexibility index (Phi) is 5.03. The van der Waals surface area contributed by atoms with Gasteiger partial charge < -0.3 is 10.4 Å². The number of rotatable bonds is 5. The summed E-state index contributed by atoms with van der Waals surface area (Å²) in [6.07, 6.45) is 0.0795. The van der Waals surface area contributed by atoms with Gasteiger partial charge in [0.1, 0.15) is 0 Å². The van der Waals surface area contributed by atoms with E-state index in [1.807, 2.05) is 24.3 Å². The highest BCUT2D eigenvalue weighted by molar-refractivity contribution is 7.99. The van der Waals surface area contributed by atoms with Crippen LogP contribution in [0.1, 0.15) is 28.3 Å². The molecule has 1 aliphatic carbocycles. The first kappa shape index (κ1) is 16.1. The van der Waals surface area contributed by atoms with Crippen LogP contribution >= 0.6 is 11.8 Å². The van der Waals surface area contributed by atoms with Crippen LogP contribution in [0.5, 0.6) is 0 Å². The van der Waals surface area contributed by atoms with Gasteiger partial charge in [-0.3, -0.25) is 4.79 Å². The summed E-state index contributed by atoms with van der Waals surface area (Å²) in [6, 6.07) is 16.0. The highest BCUT2D eigenvalue weighted by Gasteiger charge is 2.31. The maximum atomic E-state index is 12.2. The Morgan fingerprint density at radius 2 is 1.96 bits per heavy atom. The van der Waals surface area contributed by atoms with E-state index in [4.69, 9.17) is 0 Å². The Hall–Kier alpha value is -1.78. The third kappa shape index (κ3) is 3.95. The zero-order valence-electron chi connectivity index (χ0n) is 13.2. The van der Waals surface area contributed by atoms with Crippen LogP contribution in [0.15, 0.2) is 48.5 Å². The van der Waals surface area contributed by atoms with Crippen LogP contribution in [0.2, 0.25) is 0 Å². The lowest BCUT2D eigenvalue weighted by Gasteiger charge is -2.17. The Morgan fingerprint density at radius 1 is 1.22 bits per heavy atom. The van der Waals surface area contributed by atoms with Gasteiger partial charge in [-0.15, -0.1) is 11.8 Å². The highest BCUT2D eigenvalue weighted by Crippen LogP contribution is 2.31. The first-order valence-corrected chi connectivity index (χ1v) is 8.97. The molecular formula is C19H21NO2S. The largest absolute Gasteiger partial charge is 0.390 e. The second-order valence-electron chi connectivity index (χ2n) is 5.99. The van der Waals surface area contributed by atoms with Gasteiger partial charge in [-0.1, -0.05) is 54.1 Å². The van der Waals surface area contributed by atoms with Crippen molar-refractivity contribution in [2.75, 3.05) is 5.75 Å². The number of aryl methyl sites for hydroxylation is 1. The zero-order valence-corrected chi connectivity index (χ0v) is 14.0. The van der Waals surface area contributed by atoms with Crippen molar-refractivity contribution in [1.82, 2.24) is 5.32 Å². The van der Waals surface area contributed by atoms with Crippen molar-refractivity contribution in [3.05, 3.63) is 70.8 Å². The summed E-state index contributed by atoms with van der Waals surface area (Å²) in [4.78, 5) is 12.2. The molecule has 2 atom stereocenters. The molecule has 23 heavy (non-hydrogen) atoms. The number of amides is 1. The molecule has 2 unspecified atom stereocenters. The van der Waals surface area contributed by atoms with Crippen molar-refractivity contribution in [2.45, 2.75) is 31.2 Å². The molecule has 4 heteroatoms. The molecule has 2 N–H and O–H groups in total. The van der Waals surface area contributed by atoms with Gasteiger partial charge in [-0.05, 0) is 23.6 Å².